The molecule has 0 aliphatic heterocycles. The Hall–Kier alpha value is -1.73. The third-order valence-electron chi connectivity index (χ3n) is 3.03. The molecule has 2 rings (SSSR count). The van der Waals surface area contributed by atoms with Crippen molar-refractivity contribution in [1.82, 2.24) is 0 Å². The second-order valence-corrected chi connectivity index (χ2v) is 6.93. The van der Waals surface area contributed by atoms with E-state index in [9.17, 15) is 8.42 Å². The van der Waals surface area contributed by atoms with Gasteiger partial charge in [-0.1, -0.05) is 6.07 Å². The summed E-state index contributed by atoms with van der Waals surface area (Å²) in [5, 5.41) is 0. The fourth-order valence-electron chi connectivity index (χ4n) is 1.83. The summed E-state index contributed by atoms with van der Waals surface area (Å²) in [6.45, 7) is 1.67. The smallest absolute Gasteiger partial charge is 0.262 e. The molecule has 0 saturated heterocycles. The van der Waals surface area contributed by atoms with E-state index in [1.165, 1.54) is 13.2 Å². The molecular formula is C14H15BrN2O3S. The van der Waals surface area contributed by atoms with Gasteiger partial charge in [0.1, 0.15) is 5.75 Å². The van der Waals surface area contributed by atoms with Crippen LogP contribution in [0.2, 0.25) is 0 Å². The molecule has 0 aromatic heterocycles. The SMILES string of the molecule is COc1ccc(Br)c(NS(=O)(=O)c2cccc(N)c2C)c1. The van der Waals surface area contributed by atoms with Crippen molar-refractivity contribution in [3.63, 3.8) is 0 Å². The van der Waals surface area contributed by atoms with E-state index in [1.807, 2.05) is 0 Å². The molecule has 0 bridgehead atoms. The van der Waals surface area contributed by atoms with Crippen LogP contribution in [0.5, 0.6) is 5.75 Å². The molecule has 0 fully saturated rings. The van der Waals surface area contributed by atoms with Gasteiger partial charge in [0.15, 0.2) is 0 Å². The number of methoxy groups -OCH3 is 1. The minimum Gasteiger partial charge on any atom is -0.497 e. The summed E-state index contributed by atoms with van der Waals surface area (Å²) in [5.74, 6) is 0.556. The van der Waals surface area contributed by atoms with Gasteiger partial charge in [-0.15, -0.1) is 0 Å². The Kier molecular flexibility index (Phi) is 4.43. The van der Waals surface area contributed by atoms with Crippen molar-refractivity contribution in [3.05, 3.63) is 46.4 Å². The highest BCUT2D eigenvalue weighted by Gasteiger charge is 2.19. The molecule has 2 aromatic rings. The predicted octanol–water partition coefficient (Wildman–Crippen LogP) is 3.15. The molecule has 0 aliphatic rings. The molecule has 0 unspecified atom stereocenters. The minimum atomic E-state index is -3.73. The van der Waals surface area contributed by atoms with Crippen molar-refractivity contribution in [1.29, 1.82) is 0 Å². The number of anilines is 2. The molecule has 2 aromatic carbocycles. The molecule has 3 N–H and O–H groups in total. The summed E-state index contributed by atoms with van der Waals surface area (Å²) >= 11 is 3.31. The third kappa shape index (κ3) is 3.30. The first-order valence-electron chi connectivity index (χ1n) is 6.06. The minimum absolute atomic E-state index is 0.150. The Morgan fingerprint density at radius 2 is 1.95 bits per heavy atom. The molecule has 0 spiro atoms. The third-order valence-corrected chi connectivity index (χ3v) is 5.23. The van der Waals surface area contributed by atoms with Crippen LogP contribution in [0.15, 0.2) is 45.8 Å². The second kappa shape index (κ2) is 5.95. The Balaban J connectivity index is 2.45. The molecule has 0 atom stereocenters. The van der Waals surface area contributed by atoms with E-state index in [0.29, 0.717) is 27.2 Å². The van der Waals surface area contributed by atoms with Gasteiger partial charge in [0.05, 0.1) is 17.7 Å². The van der Waals surface area contributed by atoms with Gasteiger partial charge in [-0.3, -0.25) is 4.72 Å². The highest BCUT2D eigenvalue weighted by molar-refractivity contribution is 9.10. The average Bonchev–Trinajstić information content (AvgIpc) is 2.44. The predicted molar refractivity (Wildman–Crippen MR) is 87.1 cm³/mol. The van der Waals surface area contributed by atoms with Crippen LogP contribution in [0.1, 0.15) is 5.56 Å². The van der Waals surface area contributed by atoms with E-state index >= 15 is 0 Å². The van der Waals surface area contributed by atoms with Crippen LogP contribution < -0.4 is 15.2 Å². The van der Waals surface area contributed by atoms with Crippen molar-refractivity contribution in [2.24, 2.45) is 0 Å². The van der Waals surface area contributed by atoms with Crippen LogP contribution in [0.4, 0.5) is 11.4 Å². The lowest BCUT2D eigenvalue weighted by Crippen LogP contribution is -2.15. The topological polar surface area (TPSA) is 81.4 Å². The zero-order valence-corrected chi connectivity index (χ0v) is 14.0. The van der Waals surface area contributed by atoms with Crippen LogP contribution in [0, 0.1) is 6.92 Å². The normalized spacial score (nSPS) is 11.2. The van der Waals surface area contributed by atoms with Gasteiger partial charge >= 0.3 is 0 Å². The summed E-state index contributed by atoms with van der Waals surface area (Å²) in [7, 11) is -2.21. The fraction of sp³-hybridized carbons (Fsp3) is 0.143. The van der Waals surface area contributed by atoms with Crippen molar-refractivity contribution in [2.45, 2.75) is 11.8 Å². The Morgan fingerprint density at radius 1 is 1.24 bits per heavy atom. The van der Waals surface area contributed by atoms with Crippen molar-refractivity contribution in [3.8, 4) is 5.75 Å². The maximum atomic E-state index is 12.5. The zero-order valence-electron chi connectivity index (χ0n) is 11.6. The average molecular weight is 371 g/mol. The van der Waals surface area contributed by atoms with Crippen molar-refractivity contribution in [2.75, 3.05) is 17.6 Å². The number of rotatable bonds is 4. The number of hydrogen-bond acceptors (Lipinski definition) is 4. The largest absolute Gasteiger partial charge is 0.497 e. The molecular weight excluding hydrogens is 356 g/mol. The van der Waals surface area contributed by atoms with Crippen LogP contribution >= 0.6 is 15.9 Å². The number of nitrogens with one attached hydrogen (secondary N) is 1. The summed E-state index contributed by atoms with van der Waals surface area (Å²) in [6.07, 6.45) is 0. The van der Waals surface area contributed by atoms with Gasteiger partial charge < -0.3 is 10.5 Å². The Bertz CT molecular complexity index is 776. The second-order valence-electron chi connectivity index (χ2n) is 4.42. The van der Waals surface area contributed by atoms with E-state index in [2.05, 4.69) is 20.7 Å². The summed E-state index contributed by atoms with van der Waals surface area (Å²) in [6, 6.07) is 9.83. The van der Waals surface area contributed by atoms with Crippen LogP contribution in [-0.2, 0) is 10.0 Å². The lowest BCUT2D eigenvalue weighted by molar-refractivity contribution is 0.415. The van der Waals surface area contributed by atoms with E-state index in [1.54, 1.807) is 37.3 Å². The van der Waals surface area contributed by atoms with Crippen LogP contribution in [0.25, 0.3) is 0 Å². The van der Waals surface area contributed by atoms with Gasteiger partial charge in [-0.05, 0) is 52.7 Å². The number of nitrogen functional groups attached to an aromatic ring is 1. The molecule has 0 radical (unpaired) electrons. The molecule has 0 amide bonds. The standard InChI is InChI=1S/C14H15BrN2O3S/c1-9-12(16)4-3-5-14(9)21(18,19)17-13-8-10(20-2)6-7-11(13)15/h3-8,17H,16H2,1-2H3. The monoisotopic (exact) mass is 370 g/mol. The first-order chi connectivity index (χ1) is 9.85. The van der Waals surface area contributed by atoms with Gasteiger partial charge in [-0.2, -0.15) is 0 Å². The van der Waals surface area contributed by atoms with Gasteiger partial charge in [0.25, 0.3) is 10.0 Å². The Morgan fingerprint density at radius 3 is 2.62 bits per heavy atom. The van der Waals surface area contributed by atoms with Gasteiger partial charge in [-0.25, -0.2) is 8.42 Å². The molecule has 0 saturated carbocycles. The number of ether oxygens (including phenoxy) is 1. The molecule has 5 nitrogen and oxygen atoms in total. The quantitative estimate of drug-likeness (QED) is 0.809. The lowest BCUT2D eigenvalue weighted by Gasteiger charge is -2.13. The highest BCUT2D eigenvalue weighted by atomic mass is 79.9. The maximum absolute atomic E-state index is 12.5. The summed E-state index contributed by atoms with van der Waals surface area (Å²) in [5.41, 5.74) is 7.11. The molecule has 21 heavy (non-hydrogen) atoms. The van der Waals surface area contributed by atoms with Crippen molar-refractivity contribution >= 4 is 37.3 Å². The van der Waals surface area contributed by atoms with Crippen LogP contribution in [-0.4, -0.2) is 15.5 Å². The fourth-order valence-corrected chi connectivity index (χ4v) is 3.66. The van der Waals surface area contributed by atoms with Gasteiger partial charge in [0, 0.05) is 16.2 Å². The molecule has 7 heteroatoms. The van der Waals surface area contributed by atoms with E-state index in [-0.39, 0.29) is 4.90 Å². The molecule has 0 aliphatic carbocycles. The number of hydrogen-bond donors (Lipinski definition) is 2. The van der Waals surface area contributed by atoms with E-state index in [0.717, 1.165) is 0 Å². The Labute approximate surface area is 132 Å². The number of nitrogens with two attached hydrogens (primary N) is 1. The maximum Gasteiger partial charge on any atom is 0.262 e. The summed E-state index contributed by atoms with van der Waals surface area (Å²) < 4.78 is 33.2. The number of sulfonamides is 1. The van der Waals surface area contributed by atoms with Crippen LogP contribution in [0.3, 0.4) is 0 Å². The number of benzene rings is 2. The lowest BCUT2D eigenvalue weighted by atomic mass is 10.2. The number of halogens is 1. The summed E-state index contributed by atoms with van der Waals surface area (Å²) in [4.78, 5) is 0.150. The first kappa shape index (κ1) is 15.7. The molecule has 112 valence electrons. The van der Waals surface area contributed by atoms with Crippen molar-refractivity contribution < 1.29 is 13.2 Å². The molecule has 0 heterocycles. The van der Waals surface area contributed by atoms with E-state index < -0.39 is 10.0 Å². The van der Waals surface area contributed by atoms with Gasteiger partial charge in [0.2, 0.25) is 0 Å². The zero-order chi connectivity index (χ0) is 15.6. The van der Waals surface area contributed by atoms with E-state index in [4.69, 9.17) is 10.5 Å². The first-order valence-corrected chi connectivity index (χ1v) is 8.34. The highest BCUT2D eigenvalue weighted by Crippen LogP contribution is 2.30.